The van der Waals surface area contributed by atoms with E-state index in [0.29, 0.717) is 38.2 Å². The van der Waals surface area contributed by atoms with Gasteiger partial charge in [0.05, 0.1) is 6.10 Å². The van der Waals surface area contributed by atoms with Crippen LogP contribution in [0.4, 0.5) is 8.78 Å². The number of aliphatic hydroxyl groups excluding tert-OH is 2. The van der Waals surface area contributed by atoms with E-state index in [-0.39, 0.29) is 25.0 Å². The first-order valence-corrected chi connectivity index (χ1v) is 9.51. The number of carbonyl (C=O) groups is 2. The van der Waals surface area contributed by atoms with Gasteiger partial charge in [0.25, 0.3) is 5.92 Å². The standard InChI is InChI=1S/C20H30F2O5/c1-2-3-9-18(25)20(21,22)12-11-15-14(16(23)13-17(15)24)8-6-4-5-7-10-19(26)27/h4,6,11-12,14-16,18,23,25H,2-3,5,7-10,13H2,1H3,(H,26,27)/t14-,15-,16+,18?/m1/s1. The van der Waals surface area contributed by atoms with Gasteiger partial charge in [-0.3, -0.25) is 9.59 Å². The van der Waals surface area contributed by atoms with Crippen LogP contribution >= 0.6 is 0 Å². The number of aliphatic carboxylic acids is 1. The Morgan fingerprint density at radius 1 is 1.33 bits per heavy atom. The van der Waals surface area contributed by atoms with Crippen LogP contribution in [0.5, 0.6) is 0 Å². The summed E-state index contributed by atoms with van der Waals surface area (Å²) in [6, 6.07) is 0. The van der Waals surface area contributed by atoms with Gasteiger partial charge in [0.15, 0.2) is 0 Å². The third-order valence-corrected chi connectivity index (χ3v) is 4.88. The molecule has 0 aliphatic heterocycles. The quantitative estimate of drug-likeness (QED) is 0.351. The van der Waals surface area contributed by atoms with Crippen LogP contribution in [0.3, 0.4) is 0 Å². The number of carboxylic acid groups (broad SMARTS) is 1. The highest BCUT2D eigenvalue weighted by atomic mass is 19.3. The predicted molar refractivity (Wildman–Crippen MR) is 97.5 cm³/mol. The Hall–Kier alpha value is -1.60. The Labute approximate surface area is 158 Å². The van der Waals surface area contributed by atoms with Crippen molar-refractivity contribution in [1.82, 2.24) is 0 Å². The number of alkyl halides is 2. The summed E-state index contributed by atoms with van der Waals surface area (Å²) in [5, 5.41) is 28.3. The highest BCUT2D eigenvalue weighted by molar-refractivity contribution is 5.86. The summed E-state index contributed by atoms with van der Waals surface area (Å²) in [5.41, 5.74) is 0. The minimum atomic E-state index is -3.42. The fraction of sp³-hybridized carbons (Fsp3) is 0.700. The molecule has 27 heavy (non-hydrogen) atoms. The molecule has 0 spiro atoms. The number of carbonyl (C=O) groups excluding carboxylic acids is 1. The van der Waals surface area contributed by atoms with Crippen LogP contribution < -0.4 is 0 Å². The third-order valence-electron chi connectivity index (χ3n) is 4.88. The summed E-state index contributed by atoms with van der Waals surface area (Å²) in [6.45, 7) is 1.85. The van der Waals surface area contributed by atoms with Crippen LogP contribution in [0.15, 0.2) is 24.3 Å². The van der Waals surface area contributed by atoms with Gasteiger partial charge in [-0.2, -0.15) is 8.78 Å². The fourth-order valence-corrected chi connectivity index (χ4v) is 3.20. The summed E-state index contributed by atoms with van der Waals surface area (Å²) < 4.78 is 28.1. The van der Waals surface area contributed by atoms with Gasteiger partial charge in [0, 0.05) is 24.7 Å². The molecule has 0 saturated heterocycles. The topological polar surface area (TPSA) is 94.8 Å². The monoisotopic (exact) mass is 388 g/mol. The van der Waals surface area contributed by atoms with Crippen molar-refractivity contribution in [2.45, 2.75) is 76.4 Å². The van der Waals surface area contributed by atoms with Crippen LogP contribution in [0.25, 0.3) is 0 Å². The molecule has 5 nitrogen and oxygen atoms in total. The highest BCUT2D eigenvalue weighted by Crippen LogP contribution is 2.35. The van der Waals surface area contributed by atoms with E-state index < -0.39 is 35.9 Å². The van der Waals surface area contributed by atoms with Crippen molar-refractivity contribution in [2.75, 3.05) is 0 Å². The molecular formula is C20H30F2O5. The van der Waals surface area contributed by atoms with Gasteiger partial charge in [0.2, 0.25) is 0 Å². The number of hydrogen-bond donors (Lipinski definition) is 3. The number of carboxylic acids is 1. The lowest BCUT2D eigenvalue weighted by Gasteiger charge is -2.21. The van der Waals surface area contributed by atoms with Crippen molar-refractivity contribution < 1.29 is 33.7 Å². The van der Waals surface area contributed by atoms with Crippen molar-refractivity contribution in [3.05, 3.63) is 24.3 Å². The van der Waals surface area contributed by atoms with Crippen molar-refractivity contribution >= 4 is 11.8 Å². The normalized spacial score (nSPS) is 24.9. The van der Waals surface area contributed by atoms with E-state index in [4.69, 9.17) is 5.11 Å². The fourth-order valence-electron chi connectivity index (χ4n) is 3.20. The largest absolute Gasteiger partial charge is 0.481 e. The summed E-state index contributed by atoms with van der Waals surface area (Å²) in [5.74, 6) is -5.88. The summed E-state index contributed by atoms with van der Waals surface area (Å²) in [4.78, 5) is 22.5. The van der Waals surface area contributed by atoms with Gasteiger partial charge in [-0.15, -0.1) is 0 Å². The van der Waals surface area contributed by atoms with Gasteiger partial charge < -0.3 is 15.3 Å². The molecule has 4 atom stereocenters. The summed E-state index contributed by atoms with van der Waals surface area (Å²) in [6.07, 6.45) is 5.13. The first-order valence-electron chi connectivity index (χ1n) is 9.51. The Morgan fingerprint density at radius 3 is 2.67 bits per heavy atom. The number of hydrogen-bond acceptors (Lipinski definition) is 4. The second-order valence-electron chi connectivity index (χ2n) is 7.11. The minimum Gasteiger partial charge on any atom is -0.481 e. The SMILES string of the molecule is CCCCC(O)C(F)(F)C=C[C@H]1C(=O)C[C@H](O)[C@@H]1CC=CCCCC(=O)O. The maximum atomic E-state index is 14.0. The van der Waals surface area contributed by atoms with E-state index in [1.165, 1.54) is 0 Å². The number of unbranched alkanes of at least 4 members (excludes halogenated alkanes) is 2. The molecule has 0 amide bonds. The molecule has 0 aromatic rings. The molecule has 3 N–H and O–H groups in total. The predicted octanol–water partition coefficient (Wildman–Crippen LogP) is 3.50. The molecule has 1 aliphatic carbocycles. The number of rotatable bonds is 12. The molecule has 0 radical (unpaired) electrons. The molecule has 1 aliphatic rings. The summed E-state index contributed by atoms with van der Waals surface area (Å²) >= 11 is 0. The molecule has 0 aromatic carbocycles. The smallest absolute Gasteiger partial charge is 0.303 e. The zero-order chi connectivity index (χ0) is 20.4. The van der Waals surface area contributed by atoms with Gasteiger partial charge in [-0.05, 0) is 31.8 Å². The van der Waals surface area contributed by atoms with E-state index in [2.05, 4.69) is 0 Å². The molecule has 1 rings (SSSR count). The molecule has 1 unspecified atom stereocenters. The number of ketones is 1. The molecule has 154 valence electrons. The molecule has 1 fully saturated rings. The second kappa shape index (κ2) is 11.3. The average Bonchev–Trinajstić information content (AvgIpc) is 2.86. The minimum absolute atomic E-state index is 0.0163. The van der Waals surface area contributed by atoms with E-state index in [1.807, 2.05) is 6.92 Å². The molecule has 0 aromatic heterocycles. The number of Topliss-reactive ketones (excluding diaryl/α,β-unsaturated/α-hetero) is 1. The lowest BCUT2D eigenvalue weighted by atomic mass is 9.89. The van der Waals surface area contributed by atoms with E-state index >= 15 is 0 Å². The van der Waals surface area contributed by atoms with Crippen molar-refractivity contribution in [3.63, 3.8) is 0 Å². The third kappa shape index (κ3) is 7.89. The molecular weight excluding hydrogens is 358 g/mol. The number of halogens is 2. The summed E-state index contributed by atoms with van der Waals surface area (Å²) in [7, 11) is 0. The van der Waals surface area contributed by atoms with Crippen molar-refractivity contribution in [3.8, 4) is 0 Å². The van der Waals surface area contributed by atoms with Crippen LogP contribution in [0.1, 0.15) is 58.3 Å². The van der Waals surface area contributed by atoms with E-state index in [1.54, 1.807) is 12.2 Å². The van der Waals surface area contributed by atoms with Gasteiger partial charge >= 0.3 is 5.97 Å². The molecule has 1 saturated carbocycles. The molecule has 7 heteroatoms. The number of allylic oxidation sites excluding steroid dienone is 3. The first kappa shape index (κ1) is 23.4. The zero-order valence-electron chi connectivity index (χ0n) is 15.7. The number of aliphatic hydroxyl groups is 2. The molecule has 0 bridgehead atoms. The van der Waals surface area contributed by atoms with Crippen molar-refractivity contribution in [1.29, 1.82) is 0 Å². The van der Waals surface area contributed by atoms with Gasteiger partial charge in [0.1, 0.15) is 11.9 Å². The highest BCUT2D eigenvalue weighted by Gasteiger charge is 2.41. The lowest BCUT2D eigenvalue weighted by molar-refractivity contribution is -0.137. The molecule has 0 heterocycles. The maximum absolute atomic E-state index is 14.0. The Kier molecular flexibility index (Phi) is 9.80. The Morgan fingerprint density at radius 2 is 2.04 bits per heavy atom. The van der Waals surface area contributed by atoms with Crippen LogP contribution in [-0.4, -0.2) is 45.2 Å². The lowest BCUT2D eigenvalue weighted by Crippen LogP contribution is -2.31. The first-order chi connectivity index (χ1) is 12.7. The van der Waals surface area contributed by atoms with Crippen LogP contribution in [0.2, 0.25) is 0 Å². The van der Waals surface area contributed by atoms with Gasteiger partial charge in [-0.25, -0.2) is 0 Å². The Balaban J connectivity index is 2.66. The average molecular weight is 388 g/mol. The van der Waals surface area contributed by atoms with Gasteiger partial charge in [-0.1, -0.05) is 38.0 Å². The second-order valence-corrected chi connectivity index (χ2v) is 7.11. The van der Waals surface area contributed by atoms with Crippen LogP contribution in [0, 0.1) is 11.8 Å². The maximum Gasteiger partial charge on any atom is 0.303 e. The van der Waals surface area contributed by atoms with E-state index in [0.717, 1.165) is 6.08 Å². The van der Waals surface area contributed by atoms with Crippen molar-refractivity contribution in [2.24, 2.45) is 11.8 Å². The van der Waals surface area contributed by atoms with Crippen LogP contribution in [-0.2, 0) is 9.59 Å². The zero-order valence-corrected chi connectivity index (χ0v) is 15.7. The van der Waals surface area contributed by atoms with E-state index in [9.17, 15) is 28.6 Å². The Bertz CT molecular complexity index is 544.